The zero-order valence-electron chi connectivity index (χ0n) is 23.1. The maximum absolute atomic E-state index is 13.6. The zero-order chi connectivity index (χ0) is 26.9. The van der Waals surface area contributed by atoms with Crippen molar-refractivity contribution in [3.8, 4) is 0 Å². The first-order chi connectivity index (χ1) is 18.2. The van der Waals surface area contributed by atoms with Crippen LogP contribution in [0.15, 0.2) is 72.8 Å². The van der Waals surface area contributed by atoms with Gasteiger partial charge >= 0.3 is 6.09 Å². The summed E-state index contributed by atoms with van der Waals surface area (Å²) in [5.74, 6) is 0.404. The Labute approximate surface area is 226 Å². The molecule has 5 heteroatoms. The molecule has 2 aliphatic rings. The molecule has 5 rings (SSSR count). The first-order valence-electron chi connectivity index (χ1n) is 13.8. The summed E-state index contributed by atoms with van der Waals surface area (Å²) in [6, 6.07) is 23.5. The summed E-state index contributed by atoms with van der Waals surface area (Å²) in [6.07, 6.45) is 6.29. The van der Waals surface area contributed by atoms with E-state index in [9.17, 15) is 4.79 Å². The molecule has 0 radical (unpaired) electrons. The van der Waals surface area contributed by atoms with Crippen LogP contribution in [0.3, 0.4) is 0 Å². The van der Waals surface area contributed by atoms with E-state index < -0.39 is 5.60 Å². The average Bonchev–Trinajstić information content (AvgIpc) is 3.34. The van der Waals surface area contributed by atoms with Crippen molar-refractivity contribution >= 4 is 22.9 Å². The Hall–Kier alpha value is -3.15. The lowest BCUT2D eigenvalue weighted by molar-refractivity contribution is -0.354. The van der Waals surface area contributed by atoms with Crippen LogP contribution < -0.4 is 0 Å². The normalized spacial score (nSPS) is 24.3. The Balaban J connectivity index is 1.34. The summed E-state index contributed by atoms with van der Waals surface area (Å²) in [5.41, 5.74) is 3.04. The van der Waals surface area contributed by atoms with Gasteiger partial charge in [0.1, 0.15) is 5.60 Å². The highest BCUT2D eigenvalue weighted by molar-refractivity contribution is 5.86. The van der Waals surface area contributed by atoms with E-state index in [1.54, 1.807) is 0 Å². The lowest BCUT2D eigenvalue weighted by Gasteiger charge is -2.37. The first-order valence-corrected chi connectivity index (χ1v) is 13.8. The molecule has 200 valence electrons. The molecule has 3 aromatic rings. The Morgan fingerprint density at radius 2 is 1.71 bits per heavy atom. The second-order valence-electron chi connectivity index (χ2n) is 11.5. The van der Waals surface area contributed by atoms with Crippen molar-refractivity contribution in [3.05, 3.63) is 89.5 Å². The van der Waals surface area contributed by atoms with Gasteiger partial charge < -0.3 is 14.2 Å². The molecule has 1 aliphatic carbocycles. The standard InChI is InChI=1S/C33H39NO4/c1-22(29-12-8-10-26-9-6-7-11-30(26)29)34(32(35)38-33(3,4)5)28-19-18-27(21-28)25-16-13-24(14-17-25)15-20-31-36-23(2)37-31/h6-17,20,22-23,27-28,31H,18-19,21H2,1-5H3/b20-15+/t22-,23?,27-,28+,31?/m1/s1. The number of rotatable bonds is 6. The van der Waals surface area contributed by atoms with Crippen LogP contribution in [0.5, 0.6) is 0 Å². The predicted octanol–water partition coefficient (Wildman–Crippen LogP) is 8.21. The maximum Gasteiger partial charge on any atom is 0.411 e. The topological polar surface area (TPSA) is 48.0 Å². The molecule has 3 atom stereocenters. The summed E-state index contributed by atoms with van der Waals surface area (Å²) in [5, 5.41) is 2.37. The molecule has 1 amide bonds. The highest BCUT2D eigenvalue weighted by atomic mass is 16.9. The van der Waals surface area contributed by atoms with Crippen LogP contribution >= 0.6 is 0 Å². The largest absolute Gasteiger partial charge is 0.444 e. The number of carbonyl (C=O) groups excluding carboxylic acids is 1. The number of nitrogens with zero attached hydrogens (tertiary/aromatic N) is 1. The van der Waals surface area contributed by atoms with Gasteiger partial charge in [-0.3, -0.25) is 4.90 Å². The number of fused-ring (bicyclic) bond motifs is 1. The fraction of sp³-hybridized carbons (Fsp3) is 0.424. The van der Waals surface area contributed by atoms with Crippen molar-refractivity contribution in [2.24, 2.45) is 0 Å². The molecule has 1 heterocycles. The molecule has 1 saturated carbocycles. The van der Waals surface area contributed by atoms with Crippen molar-refractivity contribution in [2.45, 2.75) is 90.1 Å². The van der Waals surface area contributed by atoms with E-state index >= 15 is 0 Å². The van der Waals surface area contributed by atoms with Gasteiger partial charge in [0, 0.05) is 6.04 Å². The highest BCUT2D eigenvalue weighted by Gasteiger charge is 2.38. The second kappa shape index (κ2) is 10.9. The van der Waals surface area contributed by atoms with Crippen LogP contribution in [0.1, 0.15) is 82.5 Å². The molecule has 1 saturated heterocycles. The second-order valence-corrected chi connectivity index (χ2v) is 11.5. The fourth-order valence-electron chi connectivity index (χ4n) is 5.76. The zero-order valence-corrected chi connectivity index (χ0v) is 23.1. The van der Waals surface area contributed by atoms with Crippen molar-refractivity contribution < 1.29 is 19.0 Å². The fourth-order valence-corrected chi connectivity index (χ4v) is 5.76. The average molecular weight is 514 g/mol. The Bertz CT molecular complexity index is 1280. The van der Waals surface area contributed by atoms with Crippen molar-refractivity contribution in [1.29, 1.82) is 0 Å². The van der Waals surface area contributed by atoms with Crippen LogP contribution in [-0.2, 0) is 14.2 Å². The Morgan fingerprint density at radius 3 is 2.42 bits per heavy atom. The van der Waals surface area contributed by atoms with E-state index in [4.69, 9.17) is 14.2 Å². The van der Waals surface area contributed by atoms with Gasteiger partial charge in [-0.2, -0.15) is 0 Å². The molecule has 0 unspecified atom stereocenters. The van der Waals surface area contributed by atoms with Gasteiger partial charge in [-0.05, 0) is 93.3 Å². The molecular weight excluding hydrogens is 474 g/mol. The summed E-state index contributed by atoms with van der Waals surface area (Å²) in [6.45, 7) is 9.83. The van der Waals surface area contributed by atoms with E-state index in [-0.39, 0.29) is 30.8 Å². The van der Waals surface area contributed by atoms with E-state index in [0.29, 0.717) is 5.92 Å². The smallest absolute Gasteiger partial charge is 0.411 e. The Kier molecular flexibility index (Phi) is 7.60. The van der Waals surface area contributed by atoms with Crippen molar-refractivity contribution in [1.82, 2.24) is 4.90 Å². The summed E-state index contributed by atoms with van der Waals surface area (Å²) in [4.78, 5) is 15.6. The lowest BCUT2D eigenvalue weighted by Crippen LogP contribution is -2.44. The first kappa shape index (κ1) is 26.5. The van der Waals surface area contributed by atoms with Crippen molar-refractivity contribution in [3.63, 3.8) is 0 Å². The van der Waals surface area contributed by atoms with Gasteiger partial charge in [0.05, 0.1) is 6.04 Å². The Morgan fingerprint density at radius 1 is 1.00 bits per heavy atom. The van der Waals surface area contributed by atoms with Crippen LogP contribution in [0.2, 0.25) is 0 Å². The van der Waals surface area contributed by atoms with Gasteiger partial charge in [-0.1, -0.05) is 72.8 Å². The molecule has 0 N–H and O–H groups in total. The molecule has 38 heavy (non-hydrogen) atoms. The minimum atomic E-state index is -0.553. The highest BCUT2D eigenvalue weighted by Crippen LogP contribution is 2.41. The molecule has 2 fully saturated rings. The number of hydrogen-bond donors (Lipinski definition) is 0. The quantitative estimate of drug-likeness (QED) is 0.333. The van der Waals surface area contributed by atoms with E-state index in [2.05, 4.69) is 73.7 Å². The SMILES string of the molecule is CC1OC(/C=C/c2ccc([C@@H]3CC[C@H](N(C(=O)OC(C)(C)C)[C@H](C)c4cccc5ccccc45)C3)cc2)O1. The monoisotopic (exact) mass is 513 g/mol. The van der Waals surface area contributed by atoms with Crippen molar-refractivity contribution in [2.75, 3.05) is 0 Å². The van der Waals surface area contributed by atoms with E-state index in [1.807, 2.05) is 44.7 Å². The molecule has 0 aromatic heterocycles. The molecule has 0 bridgehead atoms. The maximum atomic E-state index is 13.6. The summed E-state index contributed by atoms with van der Waals surface area (Å²) in [7, 11) is 0. The van der Waals surface area contributed by atoms with Crippen LogP contribution in [-0.4, -0.2) is 35.2 Å². The summed E-state index contributed by atoms with van der Waals surface area (Å²) < 4.78 is 16.9. The van der Waals surface area contributed by atoms with Gasteiger partial charge in [0.15, 0.2) is 12.6 Å². The van der Waals surface area contributed by atoms with Gasteiger partial charge in [0.25, 0.3) is 0 Å². The number of ether oxygens (including phenoxy) is 3. The van der Waals surface area contributed by atoms with Gasteiger partial charge in [-0.15, -0.1) is 0 Å². The summed E-state index contributed by atoms with van der Waals surface area (Å²) >= 11 is 0. The van der Waals surface area contributed by atoms with Crippen LogP contribution in [0, 0.1) is 0 Å². The third kappa shape index (κ3) is 5.95. The lowest BCUT2D eigenvalue weighted by atomic mass is 9.95. The predicted molar refractivity (Wildman–Crippen MR) is 152 cm³/mol. The third-order valence-corrected chi connectivity index (χ3v) is 7.60. The van der Waals surface area contributed by atoms with E-state index in [1.165, 1.54) is 16.3 Å². The number of amides is 1. The number of hydrogen-bond acceptors (Lipinski definition) is 4. The molecule has 0 spiro atoms. The van der Waals surface area contributed by atoms with Crippen LogP contribution in [0.25, 0.3) is 16.8 Å². The number of carbonyl (C=O) groups is 1. The molecule has 3 aromatic carbocycles. The third-order valence-electron chi connectivity index (χ3n) is 7.60. The molecular formula is C33H39NO4. The van der Waals surface area contributed by atoms with Gasteiger partial charge in [-0.25, -0.2) is 4.79 Å². The molecule has 5 nitrogen and oxygen atoms in total. The van der Waals surface area contributed by atoms with Gasteiger partial charge in [0.2, 0.25) is 0 Å². The molecule has 1 aliphatic heterocycles. The van der Waals surface area contributed by atoms with Crippen LogP contribution in [0.4, 0.5) is 4.79 Å². The number of benzene rings is 3. The minimum absolute atomic E-state index is 0.106. The van der Waals surface area contributed by atoms with E-state index in [0.717, 1.165) is 30.4 Å². The minimum Gasteiger partial charge on any atom is -0.444 e.